The number of nitrogens with one attached hydrogen (secondary N) is 1. The van der Waals surface area contributed by atoms with Crippen LogP contribution in [-0.4, -0.2) is 27.9 Å². The van der Waals surface area contributed by atoms with Crippen molar-refractivity contribution >= 4 is 0 Å². The molecule has 0 saturated heterocycles. The van der Waals surface area contributed by atoms with E-state index >= 15 is 0 Å². The van der Waals surface area contributed by atoms with Gasteiger partial charge in [-0.25, -0.2) is 0 Å². The summed E-state index contributed by atoms with van der Waals surface area (Å²) in [4.78, 5) is 4.25. The van der Waals surface area contributed by atoms with Gasteiger partial charge in [-0.2, -0.15) is 5.10 Å². The summed E-state index contributed by atoms with van der Waals surface area (Å²) in [5, 5.41) is 7.62. The number of hydrogen-bond donors (Lipinski definition) is 1. The fourth-order valence-electron chi connectivity index (χ4n) is 1.91. The van der Waals surface area contributed by atoms with Gasteiger partial charge >= 0.3 is 0 Å². The molecule has 2 rings (SSSR count). The molecule has 2 aromatic heterocycles. The summed E-state index contributed by atoms with van der Waals surface area (Å²) in [7, 11) is 1.93. The highest BCUT2D eigenvalue weighted by Crippen LogP contribution is 2.20. The molecule has 5 nitrogen and oxygen atoms in total. The summed E-state index contributed by atoms with van der Waals surface area (Å²) in [6.45, 7) is 6.14. The molecule has 0 bridgehead atoms. The van der Waals surface area contributed by atoms with Crippen LogP contribution < -0.4 is 10.1 Å². The van der Waals surface area contributed by atoms with Gasteiger partial charge in [0.25, 0.3) is 0 Å². The molecule has 2 aromatic rings. The molecule has 0 fully saturated rings. The van der Waals surface area contributed by atoms with Gasteiger partial charge in [0.2, 0.25) is 0 Å². The average molecular weight is 260 g/mol. The zero-order valence-corrected chi connectivity index (χ0v) is 11.7. The van der Waals surface area contributed by atoms with Gasteiger partial charge in [0, 0.05) is 26.3 Å². The second kappa shape index (κ2) is 6.33. The summed E-state index contributed by atoms with van der Waals surface area (Å²) < 4.78 is 7.60. The highest BCUT2D eigenvalue weighted by Gasteiger charge is 2.09. The minimum atomic E-state index is 0.625. The number of aromatic nitrogens is 3. The molecule has 0 atom stereocenters. The molecular formula is C14H20N4O. The van der Waals surface area contributed by atoms with E-state index in [1.807, 2.05) is 43.8 Å². The molecule has 0 aliphatic heterocycles. The maximum Gasteiger partial charge on any atom is 0.163 e. The second-order valence-electron chi connectivity index (χ2n) is 4.47. The van der Waals surface area contributed by atoms with Gasteiger partial charge in [-0.05, 0) is 26.0 Å². The Morgan fingerprint density at radius 1 is 1.32 bits per heavy atom. The van der Waals surface area contributed by atoms with Crippen molar-refractivity contribution in [1.82, 2.24) is 20.1 Å². The second-order valence-corrected chi connectivity index (χ2v) is 4.47. The highest BCUT2D eigenvalue weighted by atomic mass is 16.5. The fourth-order valence-corrected chi connectivity index (χ4v) is 1.91. The Morgan fingerprint density at radius 3 is 2.79 bits per heavy atom. The van der Waals surface area contributed by atoms with Gasteiger partial charge < -0.3 is 10.1 Å². The first-order valence-corrected chi connectivity index (χ1v) is 6.42. The smallest absolute Gasteiger partial charge is 0.163 e. The van der Waals surface area contributed by atoms with Crippen molar-refractivity contribution in [3.05, 3.63) is 41.5 Å². The predicted octanol–water partition coefficient (Wildman–Crippen LogP) is 1.60. The van der Waals surface area contributed by atoms with Crippen LogP contribution in [0, 0.1) is 13.8 Å². The fraction of sp³-hybridized carbons (Fsp3) is 0.429. The minimum absolute atomic E-state index is 0.625. The number of rotatable bonds is 6. The van der Waals surface area contributed by atoms with Crippen molar-refractivity contribution < 1.29 is 4.74 Å². The van der Waals surface area contributed by atoms with E-state index in [9.17, 15) is 0 Å². The number of pyridine rings is 1. The van der Waals surface area contributed by atoms with Crippen molar-refractivity contribution in [3.63, 3.8) is 0 Å². The van der Waals surface area contributed by atoms with E-state index in [-0.39, 0.29) is 0 Å². The quantitative estimate of drug-likeness (QED) is 0.802. The lowest BCUT2D eigenvalue weighted by molar-refractivity contribution is 0.309. The Morgan fingerprint density at radius 2 is 2.16 bits per heavy atom. The maximum atomic E-state index is 5.76. The molecular weight excluding hydrogens is 240 g/mol. The summed E-state index contributed by atoms with van der Waals surface area (Å²) >= 11 is 0. The Bertz CT molecular complexity index is 522. The SMILES string of the molecule is Cc1nn(C)c(C)c1OCCNCc1ccccn1. The average Bonchev–Trinajstić information content (AvgIpc) is 2.65. The van der Waals surface area contributed by atoms with Crippen LogP contribution >= 0.6 is 0 Å². The number of hydrogen-bond acceptors (Lipinski definition) is 4. The van der Waals surface area contributed by atoms with E-state index in [0.717, 1.165) is 35.9 Å². The number of ether oxygens (including phenoxy) is 1. The molecule has 2 heterocycles. The van der Waals surface area contributed by atoms with Gasteiger partial charge in [-0.3, -0.25) is 9.67 Å². The zero-order chi connectivity index (χ0) is 13.7. The molecule has 0 radical (unpaired) electrons. The van der Waals surface area contributed by atoms with E-state index in [1.165, 1.54) is 0 Å². The van der Waals surface area contributed by atoms with Gasteiger partial charge in [-0.1, -0.05) is 6.07 Å². The first kappa shape index (κ1) is 13.5. The van der Waals surface area contributed by atoms with Crippen LogP contribution in [0.5, 0.6) is 5.75 Å². The Hall–Kier alpha value is -1.88. The highest BCUT2D eigenvalue weighted by molar-refractivity contribution is 5.31. The Kier molecular flexibility index (Phi) is 4.52. The van der Waals surface area contributed by atoms with E-state index in [2.05, 4.69) is 15.4 Å². The molecule has 0 amide bonds. The van der Waals surface area contributed by atoms with Gasteiger partial charge in [-0.15, -0.1) is 0 Å². The molecule has 0 saturated carbocycles. The molecule has 5 heteroatoms. The monoisotopic (exact) mass is 260 g/mol. The molecule has 0 unspecified atom stereocenters. The van der Waals surface area contributed by atoms with E-state index < -0.39 is 0 Å². The molecule has 0 aliphatic rings. The third kappa shape index (κ3) is 3.54. The largest absolute Gasteiger partial charge is 0.488 e. The lowest BCUT2D eigenvalue weighted by Gasteiger charge is -2.07. The third-order valence-electron chi connectivity index (χ3n) is 3.00. The standard InChI is InChI=1S/C14H20N4O/c1-11-14(12(2)18(3)17-11)19-9-8-15-10-13-6-4-5-7-16-13/h4-7,15H,8-10H2,1-3H3. The summed E-state index contributed by atoms with van der Waals surface area (Å²) in [6, 6.07) is 5.91. The summed E-state index contributed by atoms with van der Waals surface area (Å²) in [5.74, 6) is 0.891. The first-order chi connectivity index (χ1) is 9.18. The molecule has 0 aromatic carbocycles. The van der Waals surface area contributed by atoms with Crippen molar-refractivity contribution in [3.8, 4) is 5.75 Å². The normalized spacial score (nSPS) is 10.7. The molecule has 1 N–H and O–H groups in total. The van der Waals surface area contributed by atoms with Crippen LogP contribution in [0.15, 0.2) is 24.4 Å². The van der Waals surface area contributed by atoms with E-state index in [0.29, 0.717) is 6.61 Å². The lowest BCUT2D eigenvalue weighted by Crippen LogP contribution is -2.21. The summed E-state index contributed by atoms with van der Waals surface area (Å²) in [6.07, 6.45) is 1.80. The number of aryl methyl sites for hydroxylation is 2. The van der Waals surface area contributed by atoms with Crippen LogP contribution in [-0.2, 0) is 13.6 Å². The molecule has 19 heavy (non-hydrogen) atoms. The van der Waals surface area contributed by atoms with Crippen LogP contribution in [0.25, 0.3) is 0 Å². The molecule has 102 valence electrons. The predicted molar refractivity (Wildman–Crippen MR) is 74.1 cm³/mol. The lowest BCUT2D eigenvalue weighted by atomic mass is 10.3. The van der Waals surface area contributed by atoms with Crippen LogP contribution in [0.1, 0.15) is 17.1 Å². The van der Waals surface area contributed by atoms with Gasteiger partial charge in [0.05, 0.1) is 11.4 Å². The van der Waals surface area contributed by atoms with Crippen LogP contribution in [0.4, 0.5) is 0 Å². The van der Waals surface area contributed by atoms with Gasteiger partial charge in [0.1, 0.15) is 12.3 Å². The zero-order valence-electron chi connectivity index (χ0n) is 11.7. The van der Waals surface area contributed by atoms with E-state index in [4.69, 9.17) is 4.74 Å². The van der Waals surface area contributed by atoms with Crippen molar-refractivity contribution in [2.24, 2.45) is 7.05 Å². The Labute approximate surface area is 113 Å². The van der Waals surface area contributed by atoms with Crippen LogP contribution in [0.3, 0.4) is 0 Å². The van der Waals surface area contributed by atoms with Crippen LogP contribution in [0.2, 0.25) is 0 Å². The van der Waals surface area contributed by atoms with Gasteiger partial charge in [0.15, 0.2) is 5.75 Å². The third-order valence-corrected chi connectivity index (χ3v) is 3.00. The summed E-state index contributed by atoms with van der Waals surface area (Å²) in [5.41, 5.74) is 3.03. The van der Waals surface area contributed by atoms with Crippen molar-refractivity contribution in [2.75, 3.05) is 13.2 Å². The van der Waals surface area contributed by atoms with Crippen molar-refractivity contribution in [1.29, 1.82) is 0 Å². The topological polar surface area (TPSA) is 52.0 Å². The maximum absolute atomic E-state index is 5.76. The minimum Gasteiger partial charge on any atom is -0.488 e. The van der Waals surface area contributed by atoms with E-state index in [1.54, 1.807) is 6.20 Å². The Balaban J connectivity index is 1.72. The molecule has 0 aliphatic carbocycles. The first-order valence-electron chi connectivity index (χ1n) is 6.42. The number of nitrogens with zero attached hydrogens (tertiary/aromatic N) is 3. The van der Waals surface area contributed by atoms with Crippen molar-refractivity contribution in [2.45, 2.75) is 20.4 Å². The molecule has 0 spiro atoms.